The Balaban J connectivity index is 2.89. The number of hydrogen-bond acceptors (Lipinski definition) is 8. The van der Waals surface area contributed by atoms with Crippen molar-refractivity contribution in [3.8, 4) is 0 Å². The molecule has 0 saturated carbocycles. The molecule has 8 nitrogen and oxygen atoms in total. The monoisotopic (exact) mass is 290 g/mol. The first-order valence-electron chi connectivity index (χ1n) is 6.18. The fourth-order valence-electron chi connectivity index (χ4n) is 1.76. The molecular formula is C12H18O8. The number of rotatable bonds is 4. The second-order valence-electron chi connectivity index (χ2n) is 4.25. The van der Waals surface area contributed by atoms with Gasteiger partial charge in [-0.25, -0.2) is 0 Å². The van der Waals surface area contributed by atoms with Gasteiger partial charge in [-0.2, -0.15) is 0 Å². The number of carbonyl (C=O) groups excluding carboxylic acids is 3. The van der Waals surface area contributed by atoms with Crippen molar-refractivity contribution in [2.75, 3.05) is 6.61 Å². The maximum absolute atomic E-state index is 11.3. The molecule has 1 aliphatic heterocycles. The van der Waals surface area contributed by atoms with Crippen molar-refractivity contribution in [3.63, 3.8) is 0 Å². The molecular weight excluding hydrogens is 272 g/mol. The smallest absolute Gasteiger partial charge is 0.305 e. The Morgan fingerprint density at radius 2 is 1.65 bits per heavy atom. The topological polar surface area (TPSA) is 108 Å². The highest BCUT2D eigenvalue weighted by Crippen LogP contribution is 2.23. The summed E-state index contributed by atoms with van der Waals surface area (Å²) in [4.78, 5) is 33.5. The fourth-order valence-corrected chi connectivity index (χ4v) is 1.76. The Kier molecular flexibility index (Phi) is 5.90. The molecule has 0 aromatic rings. The number of aliphatic hydroxyl groups is 1. The van der Waals surface area contributed by atoms with Gasteiger partial charge < -0.3 is 24.1 Å². The summed E-state index contributed by atoms with van der Waals surface area (Å²) in [5.41, 5.74) is 0. The third-order valence-electron chi connectivity index (χ3n) is 2.58. The Bertz CT molecular complexity index is 380. The van der Waals surface area contributed by atoms with Gasteiger partial charge in [-0.3, -0.25) is 14.4 Å². The predicted octanol–water partition coefficient (Wildman–Crippen LogP) is -0.480. The molecule has 0 amide bonds. The molecule has 1 saturated heterocycles. The first kappa shape index (κ1) is 16.4. The maximum atomic E-state index is 11.3. The van der Waals surface area contributed by atoms with Crippen LogP contribution in [0.5, 0.6) is 0 Å². The van der Waals surface area contributed by atoms with Crippen molar-refractivity contribution in [2.24, 2.45) is 0 Å². The highest BCUT2D eigenvalue weighted by Gasteiger charge is 2.46. The van der Waals surface area contributed by atoms with Gasteiger partial charge in [0.05, 0.1) is 6.61 Å². The van der Waals surface area contributed by atoms with Crippen molar-refractivity contribution in [1.29, 1.82) is 0 Å². The molecule has 0 aliphatic carbocycles. The minimum absolute atomic E-state index is 0.129. The summed E-state index contributed by atoms with van der Waals surface area (Å²) < 4.78 is 19.9. The molecule has 1 heterocycles. The maximum Gasteiger partial charge on any atom is 0.305 e. The van der Waals surface area contributed by atoms with E-state index >= 15 is 0 Å². The minimum atomic E-state index is -1.46. The molecule has 1 rings (SSSR count). The van der Waals surface area contributed by atoms with Crippen LogP contribution in [0.1, 0.15) is 27.2 Å². The fraction of sp³-hybridized carbons (Fsp3) is 0.750. The lowest BCUT2D eigenvalue weighted by molar-refractivity contribution is -0.267. The van der Waals surface area contributed by atoms with E-state index in [1.807, 2.05) is 0 Å². The van der Waals surface area contributed by atoms with E-state index in [4.69, 9.17) is 18.9 Å². The van der Waals surface area contributed by atoms with Crippen molar-refractivity contribution < 1.29 is 38.4 Å². The van der Waals surface area contributed by atoms with Gasteiger partial charge in [0.25, 0.3) is 0 Å². The Labute approximate surface area is 115 Å². The van der Waals surface area contributed by atoms with Crippen LogP contribution in [0.15, 0.2) is 0 Å². The number of esters is 3. The Morgan fingerprint density at radius 1 is 1.10 bits per heavy atom. The second kappa shape index (κ2) is 7.20. The molecule has 0 aromatic heterocycles. The van der Waals surface area contributed by atoms with E-state index in [-0.39, 0.29) is 13.0 Å². The van der Waals surface area contributed by atoms with Gasteiger partial charge in [-0.15, -0.1) is 0 Å². The Hall–Kier alpha value is -1.67. The van der Waals surface area contributed by atoms with Crippen LogP contribution in [0, 0.1) is 0 Å². The summed E-state index contributed by atoms with van der Waals surface area (Å²) in [5.74, 6) is -1.86. The highest BCUT2D eigenvalue weighted by atomic mass is 16.7. The van der Waals surface area contributed by atoms with Gasteiger partial charge in [0, 0.05) is 20.3 Å². The summed E-state index contributed by atoms with van der Waals surface area (Å²) in [6, 6.07) is 0. The quantitative estimate of drug-likeness (QED) is 0.546. The average Bonchev–Trinajstić information content (AvgIpc) is 2.35. The van der Waals surface area contributed by atoms with Gasteiger partial charge in [-0.05, 0) is 0 Å². The van der Waals surface area contributed by atoms with Crippen molar-refractivity contribution >= 4 is 17.9 Å². The van der Waals surface area contributed by atoms with Crippen LogP contribution in [-0.2, 0) is 33.3 Å². The summed E-state index contributed by atoms with van der Waals surface area (Å²) in [6.45, 7) is 3.73. The molecule has 1 fully saturated rings. The van der Waals surface area contributed by atoms with E-state index in [9.17, 15) is 19.5 Å². The first-order valence-corrected chi connectivity index (χ1v) is 6.18. The van der Waals surface area contributed by atoms with Crippen LogP contribution in [0.4, 0.5) is 0 Å². The number of aliphatic hydroxyl groups excluding tert-OH is 1. The standard InChI is InChI=1S/C12H18O8/c1-4-9(15)20-8-5-17-12(16)11(19-7(3)14)10(8)18-6(2)13/h8,10-12,16H,4-5H2,1-3H3/t8-,10+,11-,12-/m1/s1. The van der Waals surface area contributed by atoms with Crippen molar-refractivity contribution in [1.82, 2.24) is 0 Å². The van der Waals surface area contributed by atoms with Crippen LogP contribution in [-0.4, -0.2) is 54.2 Å². The predicted molar refractivity (Wildman–Crippen MR) is 63.2 cm³/mol. The number of carbonyl (C=O) groups is 3. The molecule has 114 valence electrons. The summed E-state index contributed by atoms with van der Waals surface area (Å²) >= 11 is 0. The van der Waals surface area contributed by atoms with Gasteiger partial charge in [0.15, 0.2) is 24.6 Å². The van der Waals surface area contributed by atoms with E-state index in [0.717, 1.165) is 13.8 Å². The third kappa shape index (κ3) is 4.46. The van der Waals surface area contributed by atoms with E-state index in [2.05, 4.69) is 0 Å². The van der Waals surface area contributed by atoms with Gasteiger partial charge in [0.2, 0.25) is 0 Å². The van der Waals surface area contributed by atoms with Gasteiger partial charge >= 0.3 is 17.9 Å². The van der Waals surface area contributed by atoms with Gasteiger partial charge in [-0.1, -0.05) is 6.92 Å². The lowest BCUT2D eigenvalue weighted by Crippen LogP contribution is -2.57. The minimum Gasteiger partial charge on any atom is -0.456 e. The molecule has 0 bridgehead atoms. The molecule has 1 aliphatic rings. The normalized spacial score (nSPS) is 29.4. The first-order chi connectivity index (χ1) is 9.35. The molecule has 0 unspecified atom stereocenters. The van der Waals surface area contributed by atoms with Crippen LogP contribution in [0.25, 0.3) is 0 Å². The molecule has 4 atom stereocenters. The molecule has 0 spiro atoms. The highest BCUT2D eigenvalue weighted by molar-refractivity contribution is 5.69. The third-order valence-corrected chi connectivity index (χ3v) is 2.58. The zero-order valence-electron chi connectivity index (χ0n) is 11.5. The molecule has 20 heavy (non-hydrogen) atoms. The van der Waals surface area contributed by atoms with E-state index in [1.54, 1.807) is 6.92 Å². The average molecular weight is 290 g/mol. The van der Waals surface area contributed by atoms with Crippen LogP contribution >= 0.6 is 0 Å². The zero-order chi connectivity index (χ0) is 15.3. The lowest BCUT2D eigenvalue weighted by Gasteiger charge is -2.38. The van der Waals surface area contributed by atoms with Crippen LogP contribution in [0.2, 0.25) is 0 Å². The molecule has 0 aromatic carbocycles. The SMILES string of the molecule is CCC(=O)O[C@@H]1CO[C@@H](O)[C@H](OC(C)=O)[C@H]1OC(C)=O. The summed E-state index contributed by atoms with van der Waals surface area (Å²) in [6.07, 6.45) is -4.64. The lowest BCUT2D eigenvalue weighted by atomic mass is 10.0. The van der Waals surface area contributed by atoms with Gasteiger partial charge in [0.1, 0.15) is 0 Å². The molecule has 8 heteroatoms. The van der Waals surface area contributed by atoms with Crippen LogP contribution < -0.4 is 0 Å². The summed E-state index contributed by atoms with van der Waals surface area (Å²) in [7, 11) is 0. The number of hydrogen-bond donors (Lipinski definition) is 1. The van der Waals surface area contributed by atoms with E-state index in [0.29, 0.717) is 0 Å². The zero-order valence-corrected chi connectivity index (χ0v) is 11.5. The van der Waals surface area contributed by atoms with Crippen LogP contribution in [0.3, 0.4) is 0 Å². The molecule has 0 radical (unpaired) electrons. The number of ether oxygens (including phenoxy) is 4. The second-order valence-corrected chi connectivity index (χ2v) is 4.25. The van der Waals surface area contributed by atoms with Crippen molar-refractivity contribution in [2.45, 2.75) is 51.8 Å². The van der Waals surface area contributed by atoms with E-state index < -0.39 is 42.5 Å². The Morgan fingerprint density at radius 3 is 2.15 bits per heavy atom. The van der Waals surface area contributed by atoms with Crippen molar-refractivity contribution in [3.05, 3.63) is 0 Å². The van der Waals surface area contributed by atoms with E-state index in [1.165, 1.54) is 0 Å². The molecule has 1 N–H and O–H groups in total. The summed E-state index contributed by atoms with van der Waals surface area (Å²) in [5, 5.41) is 9.68. The largest absolute Gasteiger partial charge is 0.456 e.